The third kappa shape index (κ3) is 4.55. The van der Waals surface area contributed by atoms with Crippen molar-refractivity contribution in [3.8, 4) is 0 Å². The zero-order valence-corrected chi connectivity index (χ0v) is 16.2. The van der Waals surface area contributed by atoms with Gasteiger partial charge in [-0.05, 0) is 53.9 Å². The minimum absolute atomic E-state index is 0.0354. The van der Waals surface area contributed by atoms with Gasteiger partial charge in [-0.25, -0.2) is 4.79 Å². The SMILES string of the molecule is C=CC(=O)OC(C)(C)CCOC(C)c1ccc2c(ccc3ccccc32)c1. The molecule has 3 rings (SSSR count). The van der Waals surface area contributed by atoms with Gasteiger partial charge in [0.1, 0.15) is 5.60 Å². The summed E-state index contributed by atoms with van der Waals surface area (Å²) in [5.74, 6) is -0.408. The van der Waals surface area contributed by atoms with Crippen LogP contribution in [0.1, 0.15) is 38.9 Å². The molecule has 0 aliphatic rings. The molecule has 0 aromatic heterocycles. The summed E-state index contributed by atoms with van der Waals surface area (Å²) in [5, 5.41) is 4.97. The summed E-state index contributed by atoms with van der Waals surface area (Å²) in [6.07, 6.45) is 1.77. The third-order valence-electron chi connectivity index (χ3n) is 4.85. The molecule has 0 fully saturated rings. The monoisotopic (exact) mass is 362 g/mol. The van der Waals surface area contributed by atoms with Crippen LogP contribution in [-0.2, 0) is 14.3 Å². The lowest BCUT2D eigenvalue weighted by Crippen LogP contribution is -2.29. The molecule has 3 aromatic rings. The highest BCUT2D eigenvalue weighted by Crippen LogP contribution is 2.29. The predicted octanol–water partition coefficient (Wildman–Crippen LogP) is 5.97. The first-order valence-corrected chi connectivity index (χ1v) is 9.28. The van der Waals surface area contributed by atoms with Crippen LogP contribution in [-0.4, -0.2) is 18.2 Å². The number of esters is 1. The number of ether oxygens (including phenoxy) is 2. The average Bonchev–Trinajstić information content (AvgIpc) is 2.66. The molecule has 3 aromatic carbocycles. The second-order valence-corrected chi connectivity index (χ2v) is 7.42. The Labute approximate surface area is 160 Å². The van der Waals surface area contributed by atoms with Crippen LogP contribution in [0.25, 0.3) is 21.5 Å². The summed E-state index contributed by atoms with van der Waals surface area (Å²) in [4.78, 5) is 11.4. The smallest absolute Gasteiger partial charge is 0.330 e. The van der Waals surface area contributed by atoms with E-state index in [1.165, 1.54) is 27.6 Å². The van der Waals surface area contributed by atoms with E-state index in [1.807, 2.05) is 20.8 Å². The summed E-state index contributed by atoms with van der Waals surface area (Å²) in [7, 11) is 0. The van der Waals surface area contributed by atoms with Gasteiger partial charge in [0.25, 0.3) is 0 Å². The van der Waals surface area contributed by atoms with Gasteiger partial charge in [0.2, 0.25) is 0 Å². The van der Waals surface area contributed by atoms with E-state index in [1.54, 1.807) is 0 Å². The summed E-state index contributed by atoms with van der Waals surface area (Å²) < 4.78 is 11.3. The third-order valence-corrected chi connectivity index (χ3v) is 4.85. The van der Waals surface area contributed by atoms with Crippen molar-refractivity contribution in [3.63, 3.8) is 0 Å². The van der Waals surface area contributed by atoms with Gasteiger partial charge in [-0.1, -0.05) is 55.1 Å². The Kier molecular flexibility index (Phi) is 5.62. The quantitative estimate of drug-likeness (QED) is 0.295. The lowest BCUT2D eigenvalue weighted by molar-refractivity contribution is -0.152. The largest absolute Gasteiger partial charge is 0.456 e. The minimum Gasteiger partial charge on any atom is -0.456 e. The van der Waals surface area contributed by atoms with Crippen LogP contribution in [0, 0.1) is 0 Å². The van der Waals surface area contributed by atoms with Crippen LogP contribution >= 0.6 is 0 Å². The van der Waals surface area contributed by atoms with Crippen LogP contribution in [0.3, 0.4) is 0 Å². The Morgan fingerprint density at radius 2 is 1.78 bits per heavy atom. The highest BCUT2D eigenvalue weighted by Gasteiger charge is 2.22. The number of fused-ring (bicyclic) bond motifs is 3. The Morgan fingerprint density at radius 1 is 1.07 bits per heavy atom. The van der Waals surface area contributed by atoms with Gasteiger partial charge >= 0.3 is 5.97 Å². The van der Waals surface area contributed by atoms with E-state index >= 15 is 0 Å². The zero-order valence-electron chi connectivity index (χ0n) is 16.2. The van der Waals surface area contributed by atoms with E-state index in [2.05, 4.69) is 61.2 Å². The van der Waals surface area contributed by atoms with Gasteiger partial charge in [0.05, 0.1) is 12.7 Å². The lowest BCUT2D eigenvalue weighted by atomic mass is 9.99. The Bertz CT molecular complexity index is 972. The predicted molar refractivity (Wildman–Crippen MR) is 111 cm³/mol. The van der Waals surface area contributed by atoms with E-state index in [9.17, 15) is 4.79 Å². The minimum atomic E-state index is -0.576. The van der Waals surface area contributed by atoms with E-state index in [0.29, 0.717) is 13.0 Å². The number of carbonyl (C=O) groups excluding carboxylic acids is 1. The molecule has 27 heavy (non-hydrogen) atoms. The fraction of sp³-hybridized carbons (Fsp3) is 0.292. The number of hydrogen-bond acceptors (Lipinski definition) is 3. The second kappa shape index (κ2) is 7.93. The number of rotatable bonds is 7. The molecule has 140 valence electrons. The topological polar surface area (TPSA) is 35.5 Å². The molecule has 0 aliphatic heterocycles. The molecule has 0 N–H and O–H groups in total. The van der Waals surface area contributed by atoms with Crippen molar-refractivity contribution in [1.82, 2.24) is 0 Å². The summed E-state index contributed by atoms with van der Waals surface area (Å²) in [5.41, 5.74) is 0.562. The normalized spacial score (nSPS) is 12.9. The van der Waals surface area contributed by atoms with Gasteiger partial charge in [-0.15, -0.1) is 0 Å². The van der Waals surface area contributed by atoms with Crippen molar-refractivity contribution in [1.29, 1.82) is 0 Å². The number of hydrogen-bond donors (Lipinski definition) is 0. The molecule has 0 bridgehead atoms. The Balaban J connectivity index is 1.69. The Hall–Kier alpha value is -2.65. The van der Waals surface area contributed by atoms with Gasteiger partial charge in [-0.3, -0.25) is 0 Å². The van der Waals surface area contributed by atoms with Crippen molar-refractivity contribution >= 4 is 27.5 Å². The molecule has 0 spiro atoms. The molecule has 0 saturated heterocycles. The summed E-state index contributed by atoms with van der Waals surface area (Å²) >= 11 is 0. The highest BCUT2D eigenvalue weighted by molar-refractivity contribution is 6.07. The Morgan fingerprint density at radius 3 is 2.56 bits per heavy atom. The van der Waals surface area contributed by atoms with Gasteiger partial charge in [0, 0.05) is 12.5 Å². The second-order valence-electron chi connectivity index (χ2n) is 7.42. The highest BCUT2D eigenvalue weighted by atomic mass is 16.6. The van der Waals surface area contributed by atoms with Crippen molar-refractivity contribution in [3.05, 3.63) is 72.8 Å². The first-order chi connectivity index (χ1) is 12.9. The van der Waals surface area contributed by atoms with Crippen LogP contribution in [0.4, 0.5) is 0 Å². The molecule has 0 aliphatic carbocycles. The lowest BCUT2D eigenvalue weighted by Gasteiger charge is -2.25. The van der Waals surface area contributed by atoms with Crippen LogP contribution in [0.2, 0.25) is 0 Å². The molecule has 0 amide bonds. The molecule has 0 heterocycles. The molecule has 3 heteroatoms. The fourth-order valence-electron chi connectivity index (χ4n) is 3.23. The van der Waals surface area contributed by atoms with Gasteiger partial charge < -0.3 is 9.47 Å². The maximum absolute atomic E-state index is 11.4. The van der Waals surface area contributed by atoms with Crippen LogP contribution in [0.15, 0.2) is 67.3 Å². The summed E-state index contributed by atoms with van der Waals surface area (Å²) in [6.45, 7) is 9.74. The van der Waals surface area contributed by atoms with Crippen molar-refractivity contribution < 1.29 is 14.3 Å². The first-order valence-electron chi connectivity index (χ1n) is 9.28. The van der Waals surface area contributed by atoms with Gasteiger partial charge in [-0.2, -0.15) is 0 Å². The molecule has 1 atom stereocenters. The molecule has 0 radical (unpaired) electrons. The van der Waals surface area contributed by atoms with E-state index in [0.717, 1.165) is 5.56 Å². The van der Waals surface area contributed by atoms with Crippen LogP contribution in [0.5, 0.6) is 0 Å². The first kappa shape index (κ1) is 19.1. The van der Waals surface area contributed by atoms with Gasteiger partial charge in [0.15, 0.2) is 0 Å². The maximum Gasteiger partial charge on any atom is 0.330 e. The molecule has 3 nitrogen and oxygen atoms in total. The standard InChI is InChI=1S/C24H26O3/c1-5-23(25)27-24(3,4)14-15-26-17(2)19-12-13-22-20(16-19)11-10-18-8-6-7-9-21(18)22/h5-13,16-17H,1,14-15H2,2-4H3. The molecular weight excluding hydrogens is 336 g/mol. The maximum atomic E-state index is 11.4. The number of carbonyl (C=O) groups is 1. The van der Waals surface area contributed by atoms with Crippen molar-refractivity contribution in [2.24, 2.45) is 0 Å². The van der Waals surface area contributed by atoms with Crippen LogP contribution < -0.4 is 0 Å². The molecule has 1 unspecified atom stereocenters. The average molecular weight is 362 g/mol. The fourth-order valence-corrected chi connectivity index (χ4v) is 3.23. The van der Waals surface area contributed by atoms with Crippen molar-refractivity contribution in [2.45, 2.75) is 38.9 Å². The van der Waals surface area contributed by atoms with E-state index < -0.39 is 11.6 Å². The molecule has 0 saturated carbocycles. The van der Waals surface area contributed by atoms with E-state index in [-0.39, 0.29) is 6.10 Å². The number of benzene rings is 3. The zero-order chi connectivity index (χ0) is 19.4. The summed E-state index contributed by atoms with van der Waals surface area (Å²) in [6, 6.07) is 19.2. The molecular formula is C24H26O3. The van der Waals surface area contributed by atoms with E-state index in [4.69, 9.17) is 9.47 Å². The van der Waals surface area contributed by atoms with Crippen molar-refractivity contribution in [2.75, 3.05) is 6.61 Å².